The van der Waals surface area contributed by atoms with Gasteiger partial charge in [-0.15, -0.1) is 0 Å². The number of para-hydroxylation sites is 2. The van der Waals surface area contributed by atoms with Gasteiger partial charge in [0, 0.05) is 13.5 Å². The second kappa shape index (κ2) is 4.47. The van der Waals surface area contributed by atoms with E-state index in [9.17, 15) is 0 Å². The average Bonchev–Trinajstić information content (AvgIpc) is 3.00. The van der Waals surface area contributed by atoms with Crippen LogP contribution in [-0.2, 0) is 13.5 Å². The van der Waals surface area contributed by atoms with Gasteiger partial charge in [0.15, 0.2) is 0 Å². The van der Waals surface area contributed by atoms with Crippen molar-refractivity contribution in [1.82, 2.24) is 18.3 Å². The van der Waals surface area contributed by atoms with E-state index in [4.69, 9.17) is 5.73 Å². The molecule has 0 saturated heterocycles. The predicted molar refractivity (Wildman–Crippen MR) is 71.3 cm³/mol. The van der Waals surface area contributed by atoms with Crippen LogP contribution in [0.2, 0.25) is 0 Å². The lowest BCUT2D eigenvalue weighted by atomic mass is 10.1. The van der Waals surface area contributed by atoms with E-state index in [0.717, 1.165) is 22.6 Å². The third-order valence-corrected chi connectivity index (χ3v) is 3.53. The molecule has 0 spiro atoms. The number of aryl methyl sites for hydroxylation is 1. The summed E-state index contributed by atoms with van der Waals surface area (Å²) in [4.78, 5) is 4.60. The minimum Gasteiger partial charge on any atom is -0.331 e. The van der Waals surface area contributed by atoms with Gasteiger partial charge in [0.1, 0.15) is 5.82 Å². The summed E-state index contributed by atoms with van der Waals surface area (Å²) in [6.07, 6.45) is 2.38. The van der Waals surface area contributed by atoms with Crippen molar-refractivity contribution in [3.63, 3.8) is 0 Å². The van der Waals surface area contributed by atoms with Gasteiger partial charge in [-0.1, -0.05) is 12.1 Å². The number of imidazole rings is 1. The highest BCUT2D eigenvalue weighted by atomic mass is 32.1. The molecule has 0 amide bonds. The maximum absolute atomic E-state index is 6.11. The van der Waals surface area contributed by atoms with Gasteiger partial charge in [-0.25, -0.2) is 4.98 Å². The molecule has 2 N–H and O–H groups in total. The van der Waals surface area contributed by atoms with Crippen LogP contribution in [0.5, 0.6) is 0 Å². The first kappa shape index (κ1) is 11.3. The van der Waals surface area contributed by atoms with E-state index in [-0.39, 0.29) is 6.04 Å². The Morgan fingerprint density at radius 1 is 1.39 bits per heavy atom. The molecule has 1 unspecified atom stereocenters. The number of aromatic nitrogens is 4. The molecule has 2 heterocycles. The van der Waals surface area contributed by atoms with Crippen molar-refractivity contribution in [2.24, 2.45) is 12.8 Å². The summed E-state index contributed by atoms with van der Waals surface area (Å²) in [7, 11) is 2.01. The van der Waals surface area contributed by atoms with E-state index in [2.05, 4.69) is 24.4 Å². The molecule has 0 saturated carbocycles. The van der Waals surface area contributed by atoms with Crippen molar-refractivity contribution in [2.75, 3.05) is 0 Å². The van der Waals surface area contributed by atoms with Gasteiger partial charge in [0.25, 0.3) is 0 Å². The van der Waals surface area contributed by atoms with Crippen molar-refractivity contribution >= 4 is 22.8 Å². The fraction of sp³-hybridized carbons (Fsp3) is 0.250. The third kappa shape index (κ3) is 1.89. The van der Waals surface area contributed by atoms with Gasteiger partial charge in [-0.3, -0.25) is 0 Å². The molecule has 0 bridgehead atoms. The van der Waals surface area contributed by atoms with Gasteiger partial charge in [-0.2, -0.15) is 8.75 Å². The van der Waals surface area contributed by atoms with Crippen LogP contribution in [0.3, 0.4) is 0 Å². The fourth-order valence-electron chi connectivity index (χ4n) is 2.01. The molecule has 3 rings (SSSR count). The van der Waals surface area contributed by atoms with E-state index >= 15 is 0 Å². The highest BCUT2D eigenvalue weighted by Gasteiger charge is 2.14. The zero-order chi connectivity index (χ0) is 12.5. The largest absolute Gasteiger partial charge is 0.331 e. The smallest absolute Gasteiger partial charge is 0.111 e. The SMILES string of the molecule is Cn1c(CC(N)c2cnsn2)nc2ccccc21. The van der Waals surface area contributed by atoms with Crippen molar-refractivity contribution in [1.29, 1.82) is 0 Å². The Balaban J connectivity index is 1.93. The molecule has 0 radical (unpaired) electrons. The lowest BCUT2D eigenvalue weighted by Crippen LogP contribution is -2.16. The molecular weight excluding hydrogens is 246 g/mol. The lowest BCUT2D eigenvalue weighted by Gasteiger charge is -2.07. The minimum absolute atomic E-state index is 0.153. The Morgan fingerprint density at radius 2 is 2.22 bits per heavy atom. The molecule has 92 valence electrons. The number of benzene rings is 1. The Hall–Kier alpha value is -1.79. The van der Waals surface area contributed by atoms with Gasteiger partial charge < -0.3 is 10.3 Å². The van der Waals surface area contributed by atoms with Crippen LogP contribution in [0.25, 0.3) is 11.0 Å². The van der Waals surface area contributed by atoms with Crippen LogP contribution >= 0.6 is 11.7 Å². The molecule has 0 aliphatic rings. The summed E-state index contributed by atoms with van der Waals surface area (Å²) in [6, 6.07) is 7.91. The number of nitrogens with two attached hydrogens (primary N) is 1. The first-order chi connectivity index (χ1) is 8.75. The number of rotatable bonds is 3. The van der Waals surface area contributed by atoms with E-state index < -0.39 is 0 Å². The van der Waals surface area contributed by atoms with Crippen LogP contribution in [0, 0.1) is 0 Å². The zero-order valence-corrected chi connectivity index (χ0v) is 10.8. The Bertz CT molecular complexity index is 658. The second-order valence-electron chi connectivity index (χ2n) is 4.22. The van der Waals surface area contributed by atoms with Gasteiger partial charge in [0.05, 0.1) is 40.7 Å². The quantitative estimate of drug-likeness (QED) is 0.776. The summed E-state index contributed by atoms with van der Waals surface area (Å²) >= 11 is 1.18. The molecule has 0 fully saturated rings. The van der Waals surface area contributed by atoms with Crippen molar-refractivity contribution in [3.05, 3.63) is 42.0 Å². The minimum atomic E-state index is -0.153. The lowest BCUT2D eigenvalue weighted by molar-refractivity contribution is 0.653. The van der Waals surface area contributed by atoms with Crippen LogP contribution in [0.15, 0.2) is 30.5 Å². The maximum atomic E-state index is 6.11. The van der Waals surface area contributed by atoms with Crippen LogP contribution < -0.4 is 5.73 Å². The van der Waals surface area contributed by atoms with E-state index in [1.54, 1.807) is 6.20 Å². The molecule has 1 aromatic carbocycles. The summed E-state index contributed by atoms with van der Waals surface area (Å²) in [6.45, 7) is 0. The van der Waals surface area contributed by atoms with E-state index in [0.29, 0.717) is 6.42 Å². The summed E-state index contributed by atoms with van der Waals surface area (Å²) in [5.41, 5.74) is 9.06. The molecular formula is C12H13N5S. The molecule has 1 atom stereocenters. The molecule has 6 heteroatoms. The van der Waals surface area contributed by atoms with Gasteiger partial charge in [-0.05, 0) is 12.1 Å². The first-order valence-corrected chi connectivity index (χ1v) is 6.42. The summed E-state index contributed by atoms with van der Waals surface area (Å²) < 4.78 is 10.2. The highest BCUT2D eigenvalue weighted by molar-refractivity contribution is 6.99. The number of hydrogen-bond donors (Lipinski definition) is 1. The molecule has 0 aliphatic carbocycles. The summed E-state index contributed by atoms with van der Waals surface area (Å²) in [5.74, 6) is 0.969. The standard InChI is InChI=1S/C12H13N5S/c1-17-11-5-3-2-4-9(11)15-12(17)6-8(13)10-7-14-18-16-10/h2-5,7-8H,6,13H2,1H3. The van der Waals surface area contributed by atoms with E-state index in [1.165, 1.54) is 11.7 Å². The Kier molecular flexibility index (Phi) is 2.81. The molecule has 3 aromatic rings. The highest BCUT2D eigenvalue weighted by Crippen LogP contribution is 2.18. The van der Waals surface area contributed by atoms with E-state index in [1.807, 2.05) is 25.2 Å². The third-order valence-electron chi connectivity index (χ3n) is 3.04. The van der Waals surface area contributed by atoms with Crippen molar-refractivity contribution in [3.8, 4) is 0 Å². The maximum Gasteiger partial charge on any atom is 0.111 e. The van der Waals surface area contributed by atoms with Crippen molar-refractivity contribution < 1.29 is 0 Å². The Labute approximate surface area is 109 Å². The van der Waals surface area contributed by atoms with Gasteiger partial charge in [0.2, 0.25) is 0 Å². The monoisotopic (exact) mass is 259 g/mol. The van der Waals surface area contributed by atoms with Crippen LogP contribution in [0.1, 0.15) is 17.6 Å². The average molecular weight is 259 g/mol. The first-order valence-electron chi connectivity index (χ1n) is 5.69. The molecule has 18 heavy (non-hydrogen) atoms. The second-order valence-corrected chi connectivity index (χ2v) is 4.78. The Morgan fingerprint density at radius 3 is 2.94 bits per heavy atom. The number of fused-ring (bicyclic) bond motifs is 1. The predicted octanol–water partition coefficient (Wildman–Crippen LogP) is 1.67. The molecule has 0 aliphatic heterocycles. The van der Waals surface area contributed by atoms with Gasteiger partial charge >= 0.3 is 0 Å². The molecule has 2 aromatic heterocycles. The topological polar surface area (TPSA) is 69.6 Å². The number of hydrogen-bond acceptors (Lipinski definition) is 5. The number of nitrogens with zero attached hydrogens (tertiary/aromatic N) is 4. The normalized spacial score (nSPS) is 13.0. The summed E-state index contributed by atoms with van der Waals surface area (Å²) in [5, 5.41) is 0. The van der Waals surface area contributed by atoms with Crippen LogP contribution in [0.4, 0.5) is 0 Å². The fourth-order valence-corrected chi connectivity index (χ4v) is 2.49. The zero-order valence-electron chi connectivity index (χ0n) is 9.95. The molecule has 5 nitrogen and oxygen atoms in total. The van der Waals surface area contributed by atoms with Crippen LogP contribution in [-0.4, -0.2) is 18.3 Å². The van der Waals surface area contributed by atoms with Crippen molar-refractivity contribution in [2.45, 2.75) is 12.5 Å².